The molecule has 1 N–H and O–H groups in total. The molecule has 3 heterocycles. The smallest absolute Gasteiger partial charge is 0.260 e. The van der Waals surface area contributed by atoms with Crippen molar-refractivity contribution in [1.29, 1.82) is 0 Å². The fourth-order valence-corrected chi connectivity index (χ4v) is 6.49. The van der Waals surface area contributed by atoms with Gasteiger partial charge < -0.3 is 9.55 Å². The van der Waals surface area contributed by atoms with Crippen molar-refractivity contribution in [2.24, 2.45) is 0 Å². The van der Waals surface area contributed by atoms with Crippen LogP contribution in [0.4, 0.5) is 0 Å². The molecular weight excluding hydrogens is 494 g/mol. The minimum absolute atomic E-state index is 0.182. The van der Waals surface area contributed by atoms with Crippen molar-refractivity contribution in [2.75, 3.05) is 0 Å². The van der Waals surface area contributed by atoms with Crippen LogP contribution >= 0.6 is 27.5 Å². The number of imide groups is 1. The highest BCUT2D eigenvalue weighted by Gasteiger charge is 2.52. The van der Waals surface area contributed by atoms with E-state index in [0.29, 0.717) is 27.7 Å². The largest absolute Gasteiger partial charge is 0.353 e. The first-order valence-corrected chi connectivity index (χ1v) is 14.1. The van der Waals surface area contributed by atoms with E-state index in [1.165, 1.54) is 4.57 Å². The molecule has 5 nitrogen and oxygen atoms in total. The van der Waals surface area contributed by atoms with E-state index in [1.54, 1.807) is 6.07 Å². The lowest BCUT2D eigenvalue weighted by atomic mass is 10.0. The maximum Gasteiger partial charge on any atom is 0.260 e. The van der Waals surface area contributed by atoms with Gasteiger partial charge in [0.2, 0.25) is 0 Å². The molecule has 0 fully saturated rings. The molecule has 3 aromatic rings. The van der Waals surface area contributed by atoms with Crippen molar-refractivity contribution in [2.45, 2.75) is 38.9 Å². The van der Waals surface area contributed by atoms with E-state index >= 15 is 0 Å². The van der Waals surface area contributed by atoms with Crippen LogP contribution in [0.15, 0.2) is 46.9 Å². The van der Waals surface area contributed by atoms with Gasteiger partial charge in [-0.15, -0.1) is 0 Å². The van der Waals surface area contributed by atoms with E-state index in [1.807, 2.05) is 36.4 Å². The number of aromatic amines is 1. The van der Waals surface area contributed by atoms with Gasteiger partial charge in [0.25, 0.3) is 11.8 Å². The summed E-state index contributed by atoms with van der Waals surface area (Å²) in [6, 6.07) is 13.1. The molecule has 2 amide bonds. The van der Waals surface area contributed by atoms with Gasteiger partial charge in [-0.3, -0.25) is 9.59 Å². The maximum atomic E-state index is 13.8. The van der Waals surface area contributed by atoms with E-state index in [9.17, 15) is 9.59 Å². The van der Waals surface area contributed by atoms with E-state index in [4.69, 9.17) is 11.6 Å². The second kappa shape index (κ2) is 7.43. The number of halogens is 2. The second-order valence-electron chi connectivity index (χ2n) is 9.21. The molecule has 8 heteroatoms. The summed E-state index contributed by atoms with van der Waals surface area (Å²) in [4.78, 5) is 35.0. The molecular formula is C23H23BrClN3O2Si. The van der Waals surface area contributed by atoms with Crippen molar-refractivity contribution < 1.29 is 9.59 Å². The predicted octanol–water partition coefficient (Wildman–Crippen LogP) is 6.36. The number of rotatable bonds is 3. The molecule has 0 unspecified atom stereocenters. The SMILES string of the molecule is CC(C)(C)[Si](C)(C)N1C(=O)C(Br)=C(c2c(-c3cccc(Cl)n3)[nH]c3ccccc23)C1=O. The zero-order valence-electron chi connectivity index (χ0n) is 18.0. The van der Waals surface area contributed by atoms with Crippen LogP contribution in [-0.4, -0.2) is 34.6 Å². The third kappa shape index (κ3) is 3.39. The maximum absolute atomic E-state index is 13.8. The van der Waals surface area contributed by atoms with Crippen LogP contribution in [-0.2, 0) is 9.59 Å². The van der Waals surface area contributed by atoms with Crippen molar-refractivity contribution in [1.82, 2.24) is 14.5 Å². The number of nitrogens with zero attached hydrogens (tertiary/aromatic N) is 2. The number of nitrogens with one attached hydrogen (secondary N) is 1. The highest BCUT2D eigenvalue weighted by molar-refractivity contribution is 9.12. The molecule has 0 saturated carbocycles. The summed E-state index contributed by atoms with van der Waals surface area (Å²) in [6.07, 6.45) is 0. The monoisotopic (exact) mass is 515 g/mol. The summed E-state index contributed by atoms with van der Waals surface area (Å²) in [5.74, 6) is -0.543. The van der Waals surface area contributed by atoms with Gasteiger partial charge in [0, 0.05) is 16.5 Å². The Bertz CT molecular complexity index is 1270. The molecule has 0 radical (unpaired) electrons. The van der Waals surface area contributed by atoms with Gasteiger partial charge in [-0.05, 0) is 39.2 Å². The first kappa shape index (κ1) is 22.0. The molecule has 31 heavy (non-hydrogen) atoms. The molecule has 0 saturated heterocycles. The Labute approximate surface area is 195 Å². The van der Waals surface area contributed by atoms with Gasteiger partial charge in [-0.25, -0.2) is 4.98 Å². The number of carbonyl (C=O) groups is 2. The van der Waals surface area contributed by atoms with Crippen LogP contribution in [0.3, 0.4) is 0 Å². The minimum Gasteiger partial charge on any atom is -0.353 e. The topological polar surface area (TPSA) is 66.1 Å². The number of amides is 2. The number of para-hydroxylation sites is 1. The Morgan fingerprint density at radius 2 is 1.71 bits per heavy atom. The van der Waals surface area contributed by atoms with Gasteiger partial charge in [0.05, 0.1) is 21.4 Å². The number of carbonyl (C=O) groups excluding carboxylic acids is 2. The molecule has 1 aliphatic heterocycles. The van der Waals surface area contributed by atoms with Crippen LogP contribution in [0, 0.1) is 0 Å². The predicted molar refractivity (Wildman–Crippen MR) is 131 cm³/mol. The number of benzene rings is 1. The zero-order valence-corrected chi connectivity index (χ0v) is 21.4. The fraction of sp³-hybridized carbons (Fsp3) is 0.261. The van der Waals surface area contributed by atoms with Crippen LogP contribution in [0.25, 0.3) is 27.9 Å². The summed E-state index contributed by atoms with van der Waals surface area (Å²) in [5, 5.41) is 1.02. The number of H-pyrrole nitrogens is 1. The second-order valence-corrected chi connectivity index (χ2v) is 15.5. The summed E-state index contributed by atoms with van der Waals surface area (Å²) >= 11 is 9.62. The normalized spacial score (nSPS) is 15.5. The van der Waals surface area contributed by atoms with E-state index < -0.39 is 8.24 Å². The lowest BCUT2D eigenvalue weighted by Crippen LogP contribution is -2.57. The fourth-order valence-electron chi connectivity index (χ4n) is 3.70. The van der Waals surface area contributed by atoms with Crippen molar-refractivity contribution >= 4 is 64.1 Å². The van der Waals surface area contributed by atoms with Gasteiger partial charge in [-0.2, -0.15) is 0 Å². The average Bonchev–Trinajstić information content (AvgIpc) is 3.16. The third-order valence-corrected chi connectivity index (χ3v) is 12.5. The Hall–Kier alpha value is -2.22. The number of hydrogen-bond donors (Lipinski definition) is 1. The van der Waals surface area contributed by atoms with E-state index in [0.717, 1.165) is 10.9 Å². The molecule has 0 atom stereocenters. The first-order chi connectivity index (χ1) is 14.4. The lowest BCUT2D eigenvalue weighted by molar-refractivity contribution is -0.131. The Morgan fingerprint density at radius 1 is 1.03 bits per heavy atom. The molecule has 2 aromatic heterocycles. The van der Waals surface area contributed by atoms with Crippen LogP contribution in [0.1, 0.15) is 26.3 Å². The Balaban J connectivity index is 1.98. The molecule has 160 valence electrons. The standard InChI is InChI=1S/C23H23BrClN3O2Si/c1-23(2,3)31(4,5)28-21(29)18(19(24)22(28)30)17-13-9-6-7-10-14(13)27-20(17)15-11-8-12-16(25)26-15/h6-12,27H,1-5H3. The number of pyridine rings is 1. The minimum atomic E-state index is -2.45. The van der Waals surface area contributed by atoms with Crippen molar-refractivity contribution in [3.63, 3.8) is 0 Å². The summed E-state index contributed by atoms with van der Waals surface area (Å²) in [7, 11) is -2.45. The molecule has 0 bridgehead atoms. The van der Waals surface area contributed by atoms with Gasteiger partial charge in [0.15, 0.2) is 8.24 Å². The Morgan fingerprint density at radius 3 is 2.35 bits per heavy atom. The van der Waals surface area contributed by atoms with Crippen LogP contribution in [0.5, 0.6) is 0 Å². The molecule has 0 spiro atoms. The van der Waals surface area contributed by atoms with Crippen LogP contribution < -0.4 is 0 Å². The van der Waals surface area contributed by atoms with Crippen LogP contribution in [0.2, 0.25) is 23.3 Å². The quantitative estimate of drug-likeness (QED) is 0.250. The summed E-state index contributed by atoms with van der Waals surface area (Å²) in [5.41, 5.74) is 3.15. The van der Waals surface area contributed by atoms with Gasteiger partial charge >= 0.3 is 0 Å². The molecule has 1 aromatic carbocycles. The molecule has 0 aliphatic carbocycles. The van der Waals surface area contributed by atoms with Crippen molar-refractivity contribution in [3.8, 4) is 11.4 Å². The highest BCUT2D eigenvalue weighted by Crippen LogP contribution is 2.47. The number of fused-ring (bicyclic) bond motifs is 1. The van der Waals surface area contributed by atoms with E-state index in [-0.39, 0.29) is 21.3 Å². The molecule has 4 rings (SSSR count). The highest BCUT2D eigenvalue weighted by atomic mass is 79.9. The average molecular weight is 517 g/mol. The van der Waals surface area contributed by atoms with E-state index in [2.05, 4.69) is 59.8 Å². The summed E-state index contributed by atoms with van der Waals surface area (Å²) in [6.45, 7) is 10.4. The number of aromatic nitrogens is 2. The van der Waals surface area contributed by atoms with Gasteiger partial charge in [0.1, 0.15) is 5.15 Å². The lowest BCUT2D eigenvalue weighted by Gasteiger charge is -2.42. The molecule has 1 aliphatic rings. The van der Waals surface area contributed by atoms with Gasteiger partial charge in [-0.1, -0.05) is 69.7 Å². The zero-order chi connectivity index (χ0) is 22.7. The summed E-state index contributed by atoms with van der Waals surface area (Å²) < 4.78 is 1.79. The van der Waals surface area contributed by atoms with Crippen molar-refractivity contribution in [3.05, 3.63) is 57.7 Å². The first-order valence-electron chi connectivity index (χ1n) is 9.98. The Kier molecular flexibility index (Phi) is 5.27. The number of hydrogen-bond acceptors (Lipinski definition) is 3. The third-order valence-electron chi connectivity index (χ3n) is 6.35.